The standard InChI is InChI=1S/C21H22N2O3S/c1-14-10-15(2)12-17(11-14)25-8-5-9-26-19-7-4-3-6-16(19)13-18-20(24)23-21(27)22-18/h3-4,6-7,10-13H,5,8-9H2,1-2H3,(H2,22,23,24,27)/b18-13-. The highest BCUT2D eigenvalue weighted by Crippen LogP contribution is 2.22. The first kappa shape index (κ1) is 18.9. The van der Waals surface area contributed by atoms with E-state index in [9.17, 15) is 4.79 Å². The zero-order chi connectivity index (χ0) is 19.2. The summed E-state index contributed by atoms with van der Waals surface area (Å²) >= 11 is 4.95. The summed E-state index contributed by atoms with van der Waals surface area (Å²) in [5.41, 5.74) is 3.60. The molecule has 0 bridgehead atoms. The van der Waals surface area contributed by atoms with Crippen LogP contribution in [0.1, 0.15) is 23.1 Å². The van der Waals surface area contributed by atoms with E-state index in [1.165, 1.54) is 11.1 Å². The minimum atomic E-state index is -0.239. The second kappa shape index (κ2) is 8.68. The van der Waals surface area contributed by atoms with E-state index in [1.807, 2.05) is 36.4 Å². The highest BCUT2D eigenvalue weighted by atomic mass is 32.1. The van der Waals surface area contributed by atoms with Crippen molar-refractivity contribution in [1.82, 2.24) is 10.6 Å². The number of rotatable bonds is 7. The third-order valence-corrected chi connectivity index (χ3v) is 4.15. The molecule has 3 rings (SSSR count). The Morgan fingerprint density at radius 2 is 1.70 bits per heavy atom. The van der Waals surface area contributed by atoms with Gasteiger partial charge in [-0.15, -0.1) is 0 Å². The molecule has 140 valence electrons. The normalized spacial score (nSPS) is 14.8. The number of nitrogens with one attached hydrogen (secondary N) is 2. The molecule has 2 aromatic rings. The number of ether oxygens (including phenoxy) is 2. The summed E-state index contributed by atoms with van der Waals surface area (Å²) in [4.78, 5) is 11.8. The highest BCUT2D eigenvalue weighted by molar-refractivity contribution is 7.80. The Bertz CT molecular complexity index is 872. The quantitative estimate of drug-likeness (QED) is 0.436. The third-order valence-electron chi connectivity index (χ3n) is 3.95. The van der Waals surface area contributed by atoms with Gasteiger partial charge in [-0.2, -0.15) is 0 Å². The van der Waals surface area contributed by atoms with E-state index in [0.717, 1.165) is 17.7 Å². The molecular formula is C21H22N2O3S. The van der Waals surface area contributed by atoms with Gasteiger partial charge < -0.3 is 14.8 Å². The van der Waals surface area contributed by atoms with Gasteiger partial charge in [0.1, 0.15) is 17.2 Å². The van der Waals surface area contributed by atoms with Crippen LogP contribution in [0.3, 0.4) is 0 Å². The first-order valence-corrected chi connectivity index (χ1v) is 9.19. The van der Waals surface area contributed by atoms with Crippen LogP contribution in [-0.2, 0) is 4.79 Å². The lowest BCUT2D eigenvalue weighted by molar-refractivity contribution is -0.115. The maximum atomic E-state index is 11.8. The van der Waals surface area contributed by atoms with Gasteiger partial charge in [-0.3, -0.25) is 10.1 Å². The fraction of sp³-hybridized carbons (Fsp3) is 0.238. The van der Waals surface area contributed by atoms with Crippen molar-refractivity contribution in [3.05, 3.63) is 64.9 Å². The largest absolute Gasteiger partial charge is 0.493 e. The molecule has 0 aromatic heterocycles. The fourth-order valence-corrected chi connectivity index (χ4v) is 3.02. The number of benzene rings is 2. The molecule has 2 N–H and O–H groups in total. The van der Waals surface area contributed by atoms with Gasteiger partial charge >= 0.3 is 0 Å². The molecule has 1 aliphatic rings. The third kappa shape index (κ3) is 5.31. The van der Waals surface area contributed by atoms with Crippen LogP contribution >= 0.6 is 12.2 Å². The number of aryl methyl sites for hydroxylation is 2. The van der Waals surface area contributed by atoms with Gasteiger partial charge in [0.25, 0.3) is 5.91 Å². The summed E-state index contributed by atoms with van der Waals surface area (Å²) in [5.74, 6) is 1.35. The zero-order valence-corrected chi connectivity index (χ0v) is 16.2. The molecule has 0 radical (unpaired) electrons. The Hall–Kier alpha value is -2.86. The molecule has 0 unspecified atom stereocenters. The molecule has 0 saturated carbocycles. The summed E-state index contributed by atoms with van der Waals surface area (Å²) in [6.45, 7) is 5.20. The minimum absolute atomic E-state index is 0.239. The molecule has 0 aliphatic carbocycles. The van der Waals surface area contributed by atoms with Gasteiger partial charge in [-0.25, -0.2) is 0 Å². The van der Waals surface area contributed by atoms with E-state index in [0.29, 0.717) is 29.8 Å². The molecule has 1 aliphatic heterocycles. The number of hydrogen-bond acceptors (Lipinski definition) is 4. The Morgan fingerprint density at radius 3 is 2.41 bits per heavy atom. The number of amides is 1. The van der Waals surface area contributed by atoms with Crippen molar-refractivity contribution in [3.63, 3.8) is 0 Å². The van der Waals surface area contributed by atoms with Crippen molar-refractivity contribution in [2.45, 2.75) is 20.3 Å². The molecule has 0 spiro atoms. The average Bonchev–Trinajstić information content (AvgIpc) is 2.92. The minimum Gasteiger partial charge on any atom is -0.493 e. The second-order valence-corrected chi connectivity index (χ2v) is 6.79. The van der Waals surface area contributed by atoms with E-state index in [4.69, 9.17) is 21.7 Å². The number of hydrogen-bond donors (Lipinski definition) is 2. The molecule has 0 atom stereocenters. The average molecular weight is 382 g/mol. The SMILES string of the molecule is Cc1cc(C)cc(OCCCOc2ccccc2/C=C2\NC(=S)NC2=O)c1. The van der Waals surface area contributed by atoms with Gasteiger partial charge in [0, 0.05) is 12.0 Å². The van der Waals surface area contributed by atoms with Crippen LogP contribution in [0.5, 0.6) is 11.5 Å². The molecule has 1 fully saturated rings. The Balaban J connectivity index is 1.53. The lowest BCUT2D eigenvalue weighted by Gasteiger charge is -2.11. The lowest BCUT2D eigenvalue weighted by atomic mass is 10.1. The number of carbonyl (C=O) groups excluding carboxylic acids is 1. The molecule has 27 heavy (non-hydrogen) atoms. The molecule has 1 heterocycles. The van der Waals surface area contributed by atoms with Gasteiger partial charge in [0.15, 0.2) is 5.11 Å². The summed E-state index contributed by atoms with van der Waals surface area (Å²) < 4.78 is 11.7. The van der Waals surface area contributed by atoms with Crippen LogP contribution in [0.25, 0.3) is 6.08 Å². The molecular weight excluding hydrogens is 360 g/mol. The first-order valence-electron chi connectivity index (χ1n) is 8.78. The van der Waals surface area contributed by atoms with E-state index in [-0.39, 0.29) is 5.91 Å². The molecule has 1 saturated heterocycles. The predicted molar refractivity (Wildman–Crippen MR) is 110 cm³/mol. The van der Waals surface area contributed by atoms with Gasteiger partial charge in [-0.1, -0.05) is 24.3 Å². The van der Waals surface area contributed by atoms with Crippen molar-refractivity contribution >= 4 is 29.3 Å². The Kier molecular flexibility index (Phi) is 6.08. The maximum absolute atomic E-state index is 11.8. The number of thiocarbonyl (C=S) groups is 1. The van der Waals surface area contributed by atoms with Crippen molar-refractivity contribution in [2.24, 2.45) is 0 Å². The predicted octanol–water partition coefficient (Wildman–Crippen LogP) is 3.50. The topological polar surface area (TPSA) is 59.6 Å². The lowest BCUT2D eigenvalue weighted by Crippen LogP contribution is -2.21. The summed E-state index contributed by atoms with van der Waals surface area (Å²) in [5, 5.41) is 5.70. The van der Waals surface area contributed by atoms with Crippen LogP contribution in [0.2, 0.25) is 0 Å². The van der Waals surface area contributed by atoms with Crippen molar-refractivity contribution in [2.75, 3.05) is 13.2 Å². The van der Waals surface area contributed by atoms with Crippen molar-refractivity contribution in [1.29, 1.82) is 0 Å². The summed E-state index contributed by atoms with van der Waals surface area (Å²) in [6, 6.07) is 13.7. The molecule has 6 heteroatoms. The van der Waals surface area contributed by atoms with Crippen LogP contribution in [0, 0.1) is 13.8 Å². The van der Waals surface area contributed by atoms with Crippen LogP contribution in [0.15, 0.2) is 48.2 Å². The highest BCUT2D eigenvalue weighted by Gasteiger charge is 2.20. The van der Waals surface area contributed by atoms with Crippen LogP contribution in [-0.4, -0.2) is 24.2 Å². The molecule has 1 amide bonds. The summed E-state index contributed by atoms with van der Waals surface area (Å²) in [6.07, 6.45) is 2.48. The van der Waals surface area contributed by atoms with Crippen molar-refractivity contribution in [3.8, 4) is 11.5 Å². The van der Waals surface area contributed by atoms with Crippen LogP contribution < -0.4 is 20.1 Å². The smallest absolute Gasteiger partial charge is 0.273 e. The van der Waals surface area contributed by atoms with Crippen molar-refractivity contribution < 1.29 is 14.3 Å². The second-order valence-electron chi connectivity index (χ2n) is 6.38. The van der Waals surface area contributed by atoms with Gasteiger partial charge in [0.2, 0.25) is 0 Å². The Labute approximate surface area is 164 Å². The number of para-hydroxylation sites is 1. The maximum Gasteiger partial charge on any atom is 0.273 e. The number of carbonyl (C=O) groups is 1. The summed E-state index contributed by atoms with van der Waals surface area (Å²) in [7, 11) is 0. The monoisotopic (exact) mass is 382 g/mol. The van der Waals surface area contributed by atoms with E-state index in [1.54, 1.807) is 6.08 Å². The molecule has 5 nitrogen and oxygen atoms in total. The van der Waals surface area contributed by atoms with E-state index in [2.05, 4.69) is 30.5 Å². The zero-order valence-electron chi connectivity index (χ0n) is 15.4. The van der Waals surface area contributed by atoms with Crippen LogP contribution in [0.4, 0.5) is 0 Å². The molecule has 2 aromatic carbocycles. The Morgan fingerprint density at radius 1 is 1.00 bits per heavy atom. The van der Waals surface area contributed by atoms with Gasteiger partial charge in [-0.05, 0) is 61.5 Å². The van der Waals surface area contributed by atoms with E-state index >= 15 is 0 Å². The van der Waals surface area contributed by atoms with E-state index < -0.39 is 0 Å². The first-order chi connectivity index (χ1) is 13.0. The fourth-order valence-electron chi connectivity index (χ4n) is 2.82. The van der Waals surface area contributed by atoms with Gasteiger partial charge in [0.05, 0.1) is 13.2 Å².